The highest BCUT2D eigenvalue weighted by molar-refractivity contribution is 5.76. The van der Waals surface area contributed by atoms with Crippen molar-refractivity contribution in [3.05, 3.63) is 47.7 Å². The van der Waals surface area contributed by atoms with Crippen molar-refractivity contribution in [3.63, 3.8) is 0 Å². The van der Waals surface area contributed by atoms with E-state index in [0.717, 1.165) is 38.1 Å². The molecule has 0 unspecified atom stereocenters. The summed E-state index contributed by atoms with van der Waals surface area (Å²) in [5, 5.41) is 8.41. The van der Waals surface area contributed by atoms with Gasteiger partial charge in [-0.2, -0.15) is 0 Å². The molecule has 156 valence electrons. The van der Waals surface area contributed by atoms with Crippen molar-refractivity contribution in [1.82, 2.24) is 15.1 Å². The lowest BCUT2D eigenvalue weighted by molar-refractivity contribution is -0.135. The first-order valence-corrected chi connectivity index (χ1v) is 11.0. The van der Waals surface area contributed by atoms with Crippen LogP contribution in [0.4, 0.5) is 0 Å². The fraction of sp³-hybridized carbons (Fsp3) is 0.609. The quantitative estimate of drug-likeness (QED) is 0.698. The van der Waals surface area contributed by atoms with Crippen LogP contribution in [0.5, 0.6) is 0 Å². The second kappa shape index (κ2) is 10.0. The van der Waals surface area contributed by atoms with Crippen molar-refractivity contribution in [2.75, 3.05) is 13.1 Å². The van der Waals surface area contributed by atoms with E-state index in [1.54, 1.807) is 0 Å². The summed E-state index contributed by atoms with van der Waals surface area (Å²) in [7, 11) is 0. The molecule has 1 aromatic carbocycles. The third-order valence-electron chi connectivity index (χ3n) is 6.05. The van der Waals surface area contributed by atoms with Crippen LogP contribution in [0.1, 0.15) is 74.6 Å². The average Bonchev–Trinajstić information content (AvgIpc) is 3.27. The van der Waals surface area contributed by atoms with E-state index in [-0.39, 0.29) is 12.0 Å². The summed E-state index contributed by atoms with van der Waals surface area (Å²) >= 11 is 0. The molecule has 0 bridgehead atoms. The fourth-order valence-corrected chi connectivity index (χ4v) is 4.34. The third kappa shape index (κ3) is 5.66. The van der Waals surface area contributed by atoms with Gasteiger partial charge in [0.2, 0.25) is 17.7 Å². The Hall–Kier alpha value is -2.21. The Labute approximate surface area is 172 Å². The van der Waals surface area contributed by atoms with E-state index < -0.39 is 0 Å². The van der Waals surface area contributed by atoms with Crippen LogP contribution >= 0.6 is 0 Å². The number of hydrogen-bond acceptors (Lipinski definition) is 5. The van der Waals surface area contributed by atoms with Crippen molar-refractivity contribution >= 4 is 5.91 Å². The van der Waals surface area contributed by atoms with Crippen LogP contribution in [-0.2, 0) is 22.6 Å². The molecule has 2 fully saturated rings. The van der Waals surface area contributed by atoms with E-state index in [2.05, 4.69) is 22.3 Å². The van der Waals surface area contributed by atoms with Gasteiger partial charge in [-0.05, 0) is 31.2 Å². The summed E-state index contributed by atoms with van der Waals surface area (Å²) < 4.78 is 11.9. The van der Waals surface area contributed by atoms with Crippen LogP contribution in [0.25, 0.3) is 0 Å². The predicted molar refractivity (Wildman–Crippen MR) is 109 cm³/mol. The van der Waals surface area contributed by atoms with E-state index in [1.807, 2.05) is 23.1 Å². The van der Waals surface area contributed by atoms with Gasteiger partial charge in [0.25, 0.3) is 0 Å². The molecular weight excluding hydrogens is 366 g/mol. The molecule has 2 aliphatic rings. The third-order valence-corrected chi connectivity index (χ3v) is 6.05. The maximum Gasteiger partial charge on any atom is 0.223 e. The van der Waals surface area contributed by atoms with Gasteiger partial charge in [0, 0.05) is 31.8 Å². The lowest BCUT2D eigenvalue weighted by atomic mass is 9.89. The Balaban J connectivity index is 1.22. The lowest BCUT2D eigenvalue weighted by Crippen LogP contribution is -2.43. The highest BCUT2D eigenvalue weighted by Gasteiger charge is 2.25. The number of aryl methyl sites for hydroxylation is 1. The van der Waals surface area contributed by atoms with Crippen LogP contribution in [-0.4, -0.2) is 40.2 Å². The second-order valence-electron chi connectivity index (χ2n) is 8.27. The number of nitrogens with zero attached hydrogens (tertiary/aromatic N) is 3. The molecule has 1 aromatic heterocycles. The molecule has 4 rings (SSSR count). The van der Waals surface area contributed by atoms with Crippen LogP contribution in [0.2, 0.25) is 0 Å². The molecule has 6 heteroatoms. The SMILES string of the molecule is O=C(CCc1nnc(C2CCCCC2)o1)N1CCC[C@@H](OCc2ccccc2)C1. The Kier molecular flexibility index (Phi) is 6.93. The zero-order valence-electron chi connectivity index (χ0n) is 17.1. The van der Waals surface area contributed by atoms with Gasteiger partial charge in [0.05, 0.1) is 12.7 Å². The number of carbonyl (C=O) groups excluding carboxylic acids is 1. The minimum absolute atomic E-state index is 0.106. The van der Waals surface area contributed by atoms with E-state index in [4.69, 9.17) is 9.15 Å². The number of hydrogen-bond donors (Lipinski definition) is 0. The van der Waals surface area contributed by atoms with Gasteiger partial charge in [-0.15, -0.1) is 10.2 Å². The van der Waals surface area contributed by atoms with Gasteiger partial charge in [-0.1, -0.05) is 49.6 Å². The van der Waals surface area contributed by atoms with Gasteiger partial charge < -0.3 is 14.1 Å². The molecule has 1 aliphatic heterocycles. The Bertz CT molecular complexity index is 771. The topological polar surface area (TPSA) is 68.5 Å². The monoisotopic (exact) mass is 397 g/mol. The maximum atomic E-state index is 12.7. The summed E-state index contributed by atoms with van der Waals surface area (Å²) in [6.45, 7) is 2.07. The van der Waals surface area contributed by atoms with E-state index >= 15 is 0 Å². The number of amides is 1. The van der Waals surface area contributed by atoms with Crippen LogP contribution in [0.15, 0.2) is 34.7 Å². The first-order chi connectivity index (χ1) is 14.3. The van der Waals surface area contributed by atoms with E-state index in [1.165, 1.54) is 24.8 Å². The summed E-state index contributed by atoms with van der Waals surface area (Å²) in [5.74, 6) is 1.91. The van der Waals surface area contributed by atoms with E-state index in [9.17, 15) is 4.79 Å². The molecule has 1 saturated carbocycles. The fourth-order valence-electron chi connectivity index (χ4n) is 4.34. The number of rotatable bonds is 7. The number of likely N-dealkylation sites (tertiary alicyclic amines) is 1. The predicted octanol–water partition coefficient (Wildman–Crippen LogP) is 4.26. The largest absolute Gasteiger partial charge is 0.425 e. The van der Waals surface area contributed by atoms with Crippen LogP contribution in [0.3, 0.4) is 0 Å². The molecule has 29 heavy (non-hydrogen) atoms. The number of piperidine rings is 1. The first-order valence-electron chi connectivity index (χ1n) is 11.0. The molecule has 6 nitrogen and oxygen atoms in total. The number of aromatic nitrogens is 2. The summed E-state index contributed by atoms with van der Waals surface area (Å²) in [4.78, 5) is 14.6. The van der Waals surface area contributed by atoms with Crippen molar-refractivity contribution < 1.29 is 13.9 Å². The zero-order chi connectivity index (χ0) is 19.9. The molecule has 1 amide bonds. The molecule has 0 radical (unpaired) electrons. The van der Waals surface area contributed by atoms with Crippen molar-refractivity contribution in [3.8, 4) is 0 Å². The van der Waals surface area contributed by atoms with Gasteiger partial charge in [0.15, 0.2) is 0 Å². The molecule has 1 atom stereocenters. The van der Waals surface area contributed by atoms with Gasteiger partial charge >= 0.3 is 0 Å². The number of carbonyl (C=O) groups is 1. The summed E-state index contributed by atoms with van der Waals surface area (Å²) in [6.07, 6.45) is 9.08. The standard InChI is InChI=1S/C23H31N3O3/c27-22(14-13-21-24-25-23(29-21)19-10-5-2-6-11-19)26-15-7-12-20(16-26)28-17-18-8-3-1-4-9-18/h1,3-4,8-9,19-20H,2,5-7,10-17H2/t20-/m1/s1. The smallest absolute Gasteiger partial charge is 0.223 e. The minimum atomic E-state index is 0.106. The number of ether oxygens (including phenoxy) is 1. The molecule has 2 heterocycles. The second-order valence-corrected chi connectivity index (χ2v) is 8.27. The van der Waals surface area contributed by atoms with Gasteiger partial charge in [-0.25, -0.2) is 0 Å². The van der Waals surface area contributed by atoms with E-state index in [0.29, 0.717) is 37.8 Å². The highest BCUT2D eigenvalue weighted by atomic mass is 16.5. The molecule has 0 spiro atoms. The lowest BCUT2D eigenvalue weighted by Gasteiger charge is -2.32. The Morgan fingerprint density at radius 3 is 2.72 bits per heavy atom. The summed E-state index contributed by atoms with van der Waals surface area (Å²) in [5.41, 5.74) is 1.17. The normalized spacial score (nSPS) is 20.7. The molecule has 2 aromatic rings. The Morgan fingerprint density at radius 2 is 1.90 bits per heavy atom. The minimum Gasteiger partial charge on any atom is -0.425 e. The van der Waals surface area contributed by atoms with Gasteiger partial charge in [-0.3, -0.25) is 4.79 Å². The molecule has 1 aliphatic carbocycles. The number of benzene rings is 1. The molecular formula is C23H31N3O3. The maximum absolute atomic E-state index is 12.7. The first kappa shape index (κ1) is 20.1. The highest BCUT2D eigenvalue weighted by Crippen LogP contribution is 2.31. The summed E-state index contributed by atoms with van der Waals surface area (Å²) in [6, 6.07) is 10.2. The van der Waals surface area contributed by atoms with Gasteiger partial charge in [0.1, 0.15) is 0 Å². The van der Waals surface area contributed by atoms with Crippen LogP contribution < -0.4 is 0 Å². The van der Waals surface area contributed by atoms with Crippen molar-refractivity contribution in [2.45, 2.75) is 76.4 Å². The van der Waals surface area contributed by atoms with Crippen molar-refractivity contribution in [2.24, 2.45) is 0 Å². The van der Waals surface area contributed by atoms with Crippen molar-refractivity contribution in [1.29, 1.82) is 0 Å². The Morgan fingerprint density at radius 1 is 1.07 bits per heavy atom. The molecule has 1 saturated heterocycles. The average molecular weight is 398 g/mol. The van der Waals surface area contributed by atoms with Crippen LogP contribution in [0, 0.1) is 0 Å². The zero-order valence-corrected chi connectivity index (χ0v) is 17.1. The molecule has 0 N–H and O–H groups in total.